The second-order valence-corrected chi connectivity index (χ2v) is 7.05. The highest BCUT2D eigenvalue weighted by molar-refractivity contribution is 5.97. The van der Waals surface area contributed by atoms with Crippen molar-refractivity contribution in [2.45, 2.75) is 26.4 Å². The molecule has 0 saturated carbocycles. The highest BCUT2D eigenvalue weighted by Crippen LogP contribution is 2.33. The number of hydrogen-bond acceptors (Lipinski definition) is 3. The molecule has 2 heterocycles. The van der Waals surface area contributed by atoms with Gasteiger partial charge in [-0.2, -0.15) is 5.10 Å². The third kappa shape index (κ3) is 3.33. The van der Waals surface area contributed by atoms with Crippen LogP contribution in [0.25, 0.3) is 22.2 Å². The molecule has 1 atom stereocenters. The maximum atomic E-state index is 12.5. The molecule has 0 aliphatic heterocycles. The van der Waals surface area contributed by atoms with E-state index >= 15 is 0 Å². The Kier molecular flexibility index (Phi) is 4.76. The standard InChI is InChI=1S/C23H21N3O3/c1-15(17-8-4-3-5-9-17)26-21(27)13-12-19(24-26)23-16(2)25(14-22(28)29)20-11-7-6-10-18(20)23/h3-13,15H,14H2,1-2H3,(H,28,29). The van der Waals surface area contributed by atoms with Crippen LogP contribution in [0.1, 0.15) is 24.2 Å². The molecule has 2 aromatic carbocycles. The van der Waals surface area contributed by atoms with Crippen LogP contribution >= 0.6 is 0 Å². The third-order valence-electron chi connectivity index (χ3n) is 5.25. The van der Waals surface area contributed by atoms with E-state index in [0.29, 0.717) is 5.69 Å². The minimum Gasteiger partial charge on any atom is -0.480 e. The summed E-state index contributed by atoms with van der Waals surface area (Å²) in [5.74, 6) is -0.906. The zero-order valence-corrected chi connectivity index (χ0v) is 16.2. The van der Waals surface area contributed by atoms with Gasteiger partial charge < -0.3 is 9.67 Å². The summed E-state index contributed by atoms with van der Waals surface area (Å²) in [4.78, 5) is 23.9. The fraction of sp³-hybridized carbons (Fsp3) is 0.174. The molecule has 0 amide bonds. The lowest BCUT2D eigenvalue weighted by atomic mass is 10.1. The lowest BCUT2D eigenvalue weighted by molar-refractivity contribution is -0.137. The van der Waals surface area contributed by atoms with E-state index in [4.69, 9.17) is 0 Å². The van der Waals surface area contributed by atoms with E-state index in [2.05, 4.69) is 5.10 Å². The first-order chi connectivity index (χ1) is 14.0. The van der Waals surface area contributed by atoms with Crippen molar-refractivity contribution in [3.8, 4) is 11.3 Å². The SMILES string of the molecule is Cc1c(-c2ccc(=O)n(C(C)c3ccccc3)n2)c2ccccc2n1CC(=O)O. The Morgan fingerprint density at radius 3 is 2.45 bits per heavy atom. The molecule has 0 fully saturated rings. The van der Waals surface area contributed by atoms with E-state index in [1.807, 2.05) is 68.4 Å². The van der Waals surface area contributed by atoms with Crippen molar-refractivity contribution < 1.29 is 9.90 Å². The second-order valence-electron chi connectivity index (χ2n) is 7.05. The molecule has 4 rings (SSSR count). The quantitative estimate of drug-likeness (QED) is 0.564. The smallest absolute Gasteiger partial charge is 0.323 e. The molecule has 6 heteroatoms. The van der Waals surface area contributed by atoms with Gasteiger partial charge in [0, 0.05) is 28.2 Å². The first-order valence-electron chi connectivity index (χ1n) is 9.42. The molecule has 0 spiro atoms. The molecule has 0 saturated heterocycles. The lowest BCUT2D eigenvalue weighted by Crippen LogP contribution is -2.26. The van der Waals surface area contributed by atoms with Crippen molar-refractivity contribution in [2.24, 2.45) is 0 Å². The molecule has 0 bridgehead atoms. The van der Waals surface area contributed by atoms with E-state index in [1.54, 1.807) is 10.6 Å². The van der Waals surface area contributed by atoms with Crippen LogP contribution in [0.4, 0.5) is 0 Å². The van der Waals surface area contributed by atoms with Crippen LogP contribution in [0.5, 0.6) is 0 Å². The summed E-state index contributed by atoms with van der Waals surface area (Å²) >= 11 is 0. The van der Waals surface area contributed by atoms with Crippen molar-refractivity contribution in [3.63, 3.8) is 0 Å². The second kappa shape index (κ2) is 7.39. The molecule has 2 aromatic heterocycles. The molecule has 29 heavy (non-hydrogen) atoms. The molecule has 0 aliphatic carbocycles. The Balaban J connectivity index is 1.90. The molecule has 0 aliphatic rings. The van der Waals surface area contributed by atoms with Gasteiger partial charge in [0.25, 0.3) is 5.56 Å². The number of benzene rings is 2. The highest BCUT2D eigenvalue weighted by atomic mass is 16.4. The number of fused-ring (bicyclic) bond motifs is 1. The first kappa shape index (κ1) is 18.7. The van der Waals surface area contributed by atoms with E-state index in [9.17, 15) is 14.7 Å². The van der Waals surface area contributed by atoms with E-state index in [-0.39, 0.29) is 18.1 Å². The number of aromatic nitrogens is 3. The fourth-order valence-electron chi connectivity index (χ4n) is 3.80. The van der Waals surface area contributed by atoms with Crippen LogP contribution in [-0.4, -0.2) is 25.4 Å². The number of hydrogen-bond donors (Lipinski definition) is 1. The summed E-state index contributed by atoms with van der Waals surface area (Å²) < 4.78 is 3.25. The van der Waals surface area contributed by atoms with Crippen molar-refractivity contribution >= 4 is 16.9 Å². The molecule has 0 radical (unpaired) electrons. The van der Waals surface area contributed by atoms with Crippen molar-refractivity contribution in [2.75, 3.05) is 0 Å². The van der Waals surface area contributed by atoms with Gasteiger partial charge in [-0.15, -0.1) is 0 Å². The van der Waals surface area contributed by atoms with Crippen LogP contribution < -0.4 is 5.56 Å². The van der Waals surface area contributed by atoms with Crippen LogP contribution in [0, 0.1) is 6.92 Å². The van der Waals surface area contributed by atoms with Gasteiger partial charge in [0.1, 0.15) is 6.54 Å². The molecular formula is C23H21N3O3. The largest absolute Gasteiger partial charge is 0.480 e. The number of carboxylic acids is 1. The first-order valence-corrected chi connectivity index (χ1v) is 9.42. The van der Waals surface area contributed by atoms with Gasteiger partial charge in [0.2, 0.25) is 0 Å². The Morgan fingerprint density at radius 1 is 1.03 bits per heavy atom. The van der Waals surface area contributed by atoms with Gasteiger partial charge in [0.15, 0.2) is 0 Å². The van der Waals surface area contributed by atoms with Crippen LogP contribution in [0.2, 0.25) is 0 Å². The Morgan fingerprint density at radius 2 is 1.72 bits per heavy atom. The minimum absolute atomic E-state index is 0.133. The summed E-state index contributed by atoms with van der Waals surface area (Å²) in [7, 11) is 0. The zero-order valence-electron chi connectivity index (χ0n) is 16.2. The Labute approximate surface area is 167 Å². The maximum absolute atomic E-state index is 12.5. The van der Waals surface area contributed by atoms with E-state index < -0.39 is 5.97 Å². The molecular weight excluding hydrogens is 366 g/mol. The number of nitrogens with zero attached hydrogens (tertiary/aromatic N) is 3. The molecule has 6 nitrogen and oxygen atoms in total. The van der Waals surface area contributed by atoms with Crippen molar-refractivity contribution in [3.05, 3.63) is 88.3 Å². The minimum atomic E-state index is -0.906. The van der Waals surface area contributed by atoms with Gasteiger partial charge in [0.05, 0.1) is 11.7 Å². The van der Waals surface area contributed by atoms with E-state index in [0.717, 1.165) is 27.7 Å². The van der Waals surface area contributed by atoms with Gasteiger partial charge in [-0.3, -0.25) is 9.59 Å². The fourth-order valence-corrected chi connectivity index (χ4v) is 3.80. The Bertz CT molecular complexity index is 1260. The van der Waals surface area contributed by atoms with Gasteiger partial charge in [-0.25, -0.2) is 4.68 Å². The van der Waals surface area contributed by atoms with Gasteiger partial charge in [-0.1, -0.05) is 48.5 Å². The predicted molar refractivity (Wildman–Crippen MR) is 112 cm³/mol. The zero-order chi connectivity index (χ0) is 20.5. The van der Waals surface area contributed by atoms with Crippen molar-refractivity contribution in [1.82, 2.24) is 14.3 Å². The molecule has 146 valence electrons. The number of aliphatic carboxylic acids is 1. The topological polar surface area (TPSA) is 77.1 Å². The predicted octanol–water partition coefficient (Wildman–Crippen LogP) is 3.87. The van der Waals surface area contributed by atoms with Crippen LogP contribution in [0.15, 0.2) is 71.5 Å². The van der Waals surface area contributed by atoms with E-state index in [1.165, 1.54) is 10.7 Å². The average molecular weight is 387 g/mol. The highest BCUT2D eigenvalue weighted by Gasteiger charge is 2.19. The van der Waals surface area contributed by atoms with Gasteiger partial charge in [-0.05, 0) is 31.5 Å². The average Bonchev–Trinajstić information content (AvgIpc) is 3.00. The summed E-state index contributed by atoms with van der Waals surface area (Å²) in [5.41, 5.74) is 3.93. The summed E-state index contributed by atoms with van der Waals surface area (Å²) in [6.07, 6.45) is 0. The number of carbonyl (C=O) groups is 1. The summed E-state index contributed by atoms with van der Waals surface area (Å²) in [6.45, 7) is 3.69. The number of para-hydroxylation sites is 1. The normalized spacial score (nSPS) is 12.2. The Hall–Kier alpha value is -3.67. The van der Waals surface area contributed by atoms with Crippen LogP contribution in [-0.2, 0) is 11.3 Å². The summed E-state index contributed by atoms with van der Waals surface area (Å²) in [6, 6.07) is 20.4. The maximum Gasteiger partial charge on any atom is 0.323 e. The molecule has 4 aromatic rings. The third-order valence-corrected chi connectivity index (χ3v) is 5.25. The number of rotatable bonds is 5. The molecule has 1 unspecified atom stereocenters. The monoisotopic (exact) mass is 387 g/mol. The lowest BCUT2D eigenvalue weighted by Gasteiger charge is -2.15. The van der Waals surface area contributed by atoms with Crippen LogP contribution in [0.3, 0.4) is 0 Å². The van der Waals surface area contributed by atoms with Crippen molar-refractivity contribution in [1.29, 1.82) is 0 Å². The molecule has 1 N–H and O–H groups in total. The summed E-state index contributed by atoms with van der Waals surface area (Å²) in [5, 5.41) is 14.9. The van der Waals surface area contributed by atoms with Gasteiger partial charge >= 0.3 is 5.97 Å². The number of carboxylic acid groups (broad SMARTS) is 1.